The summed E-state index contributed by atoms with van der Waals surface area (Å²) < 4.78 is 21.1. The first-order valence-electron chi connectivity index (χ1n) is 16.5. The Labute approximate surface area is 303 Å². The van der Waals surface area contributed by atoms with E-state index in [2.05, 4.69) is 17.0 Å². The van der Waals surface area contributed by atoms with Crippen molar-refractivity contribution in [2.75, 3.05) is 13.7 Å². The van der Waals surface area contributed by atoms with E-state index < -0.39 is 0 Å². The number of unbranched alkanes of at least 4 members (excludes halogenated alkanes) is 1. The molecule has 0 aliphatic rings. The highest BCUT2D eigenvalue weighted by molar-refractivity contribution is 7.15. The van der Waals surface area contributed by atoms with Crippen molar-refractivity contribution in [3.8, 4) is 34.2 Å². The molecule has 0 radical (unpaired) electrons. The number of hydrogen-bond donors (Lipinski definition) is 0. The van der Waals surface area contributed by atoms with E-state index in [0.717, 1.165) is 40.8 Å². The lowest BCUT2D eigenvalue weighted by molar-refractivity contribution is 0.288. The number of para-hydroxylation sites is 1. The number of aromatic nitrogens is 5. The SMILES string of the molecule is CCCCOc1ccc(/C=C/c2nc3s/c(=C\c4cn(-c5ccccc5)nc4-c4cccc(OCc5ccc(Cl)cc5)c4)c(=O)n3n2)cc1OC. The van der Waals surface area contributed by atoms with Crippen LogP contribution in [0.4, 0.5) is 0 Å². The number of benzene rings is 4. The third-order valence-corrected chi connectivity index (χ3v) is 9.25. The van der Waals surface area contributed by atoms with Gasteiger partial charge in [0, 0.05) is 22.3 Å². The van der Waals surface area contributed by atoms with Crippen molar-refractivity contribution < 1.29 is 14.2 Å². The normalized spacial score (nSPS) is 11.9. The van der Waals surface area contributed by atoms with Crippen LogP contribution in [-0.2, 0) is 6.61 Å². The van der Waals surface area contributed by atoms with Crippen LogP contribution < -0.4 is 24.3 Å². The summed E-state index contributed by atoms with van der Waals surface area (Å²) in [6, 6.07) is 30.9. The molecular formula is C40H34ClN5O4S. The van der Waals surface area contributed by atoms with Crippen molar-refractivity contribution in [2.45, 2.75) is 26.4 Å². The molecule has 0 unspecified atom stereocenters. The van der Waals surface area contributed by atoms with Crippen LogP contribution in [0.15, 0.2) is 108 Å². The van der Waals surface area contributed by atoms with Gasteiger partial charge in [-0.1, -0.05) is 90.9 Å². The zero-order valence-electron chi connectivity index (χ0n) is 28.0. The summed E-state index contributed by atoms with van der Waals surface area (Å²) in [5, 5.41) is 10.1. The summed E-state index contributed by atoms with van der Waals surface area (Å²) >= 11 is 7.32. The summed E-state index contributed by atoms with van der Waals surface area (Å²) in [6.07, 6.45) is 9.46. The summed E-state index contributed by atoms with van der Waals surface area (Å²) in [6.45, 7) is 3.15. The molecule has 9 nitrogen and oxygen atoms in total. The number of hydrogen-bond acceptors (Lipinski definition) is 8. The van der Waals surface area contributed by atoms with Gasteiger partial charge in [0.2, 0.25) is 4.96 Å². The van der Waals surface area contributed by atoms with E-state index in [1.807, 2.05) is 120 Å². The molecule has 0 aliphatic heterocycles. The fourth-order valence-electron chi connectivity index (χ4n) is 5.38. The number of fused-ring (bicyclic) bond motifs is 1. The van der Waals surface area contributed by atoms with Crippen molar-refractivity contribution >= 4 is 46.1 Å². The number of rotatable bonds is 13. The molecule has 3 heterocycles. The lowest BCUT2D eigenvalue weighted by Crippen LogP contribution is -2.23. The Kier molecular flexibility index (Phi) is 10.2. The maximum atomic E-state index is 13.6. The second-order valence-electron chi connectivity index (χ2n) is 11.7. The molecule has 7 rings (SSSR count). The molecule has 11 heteroatoms. The van der Waals surface area contributed by atoms with Gasteiger partial charge in [0.25, 0.3) is 5.56 Å². The van der Waals surface area contributed by atoms with Crippen LogP contribution in [0.25, 0.3) is 40.1 Å². The van der Waals surface area contributed by atoms with E-state index in [1.165, 1.54) is 15.9 Å². The molecule has 7 aromatic rings. The molecule has 51 heavy (non-hydrogen) atoms. The van der Waals surface area contributed by atoms with E-state index in [1.54, 1.807) is 13.2 Å². The topological polar surface area (TPSA) is 92.8 Å². The molecule has 0 amide bonds. The summed E-state index contributed by atoms with van der Waals surface area (Å²) in [5.74, 6) is 2.48. The largest absolute Gasteiger partial charge is 0.493 e. The molecular weight excluding hydrogens is 682 g/mol. The van der Waals surface area contributed by atoms with Gasteiger partial charge >= 0.3 is 0 Å². The number of nitrogens with zero attached hydrogens (tertiary/aromatic N) is 5. The molecule has 0 bridgehead atoms. The fraction of sp³-hybridized carbons (Fsp3) is 0.150. The Morgan fingerprint density at radius 1 is 0.882 bits per heavy atom. The summed E-state index contributed by atoms with van der Waals surface area (Å²) in [5.41, 5.74) is 4.86. The van der Waals surface area contributed by atoms with Gasteiger partial charge in [-0.3, -0.25) is 4.79 Å². The maximum Gasteiger partial charge on any atom is 0.291 e. The molecule has 0 saturated heterocycles. The van der Waals surface area contributed by atoms with E-state index in [-0.39, 0.29) is 5.56 Å². The molecule has 0 saturated carbocycles. The molecule has 0 atom stereocenters. The van der Waals surface area contributed by atoms with Gasteiger partial charge in [0.15, 0.2) is 17.3 Å². The van der Waals surface area contributed by atoms with Gasteiger partial charge in [0.1, 0.15) is 18.1 Å². The van der Waals surface area contributed by atoms with E-state index in [0.29, 0.717) is 56.5 Å². The molecule has 0 spiro atoms. The van der Waals surface area contributed by atoms with Gasteiger partial charge in [-0.2, -0.15) is 14.6 Å². The van der Waals surface area contributed by atoms with Crippen LogP contribution in [0.3, 0.4) is 0 Å². The Morgan fingerprint density at radius 2 is 1.73 bits per heavy atom. The first-order valence-corrected chi connectivity index (χ1v) is 17.7. The van der Waals surface area contributed by atoms with Crippen molar-refractivity contribution in [3.63, 3.8) is 0 Å². The van der Waals surface area contributed by atoms with E-state index >= 15 is 0 Å². The minimum absolute atomic E-state index is 0.254. The van der Waals surface area contributed by atoms with Crippen LogP contribution in [0.2, 0.25) is 5.02 Å². The Hall–Kier alpha value is -5.71. The number of thiazole rings is 1. The van der Waals surface area contributed by atoms with Crippen LogP contribution in [0, 0.1) is 0 Å². The van der Waals surface area contributed by atoms with Crippen molar-refractivity contribution in [1.29, 1.82) is 0 Å². The molecule has 0 fully saturated rings. The van der Waals surface area contributed by atoms with Crippen molar-refractivity contribution in [2.24, 2.45) is 0 Å². The first kappa shape index (κ1) is 33.8. The van der Waals surface area contributed by atoms with Gasteiger partial charge < -0.3 is 14.2 Å². The van der Waals surface area contributed by atoms with Gasteiger partial charge in [-0.05, 0) is 78.2 Å². The predicted molar refractivity (Wildman–Crippen MR) is 203 cm³/mol. The number of ether oxygens (including phenoxy) is 3. The first-order chi connectivity index (χ1) is 25.0. The summed E-state index contributed by atoms with van der Waals surface area (Å²) in [7, 11) is 1.62. The molecule has 256 valence electrons. The monoisotopic (exact) mass is 715 g/mol. The highest BCUT2D eigenvalue weighted by Gasteiger charge is 2.15. The zero-order chi connectivity index (χ0) is 35.2. The van der Waals surface area contributed by atoms with Crippen molar-refractivity contribution in [3.05, 3.63) is 146 Å². The number of halogens is 1. The standard InChI is InChI=1S/C40H34ClN5O4S/c1-3-4-21-49-34-19-15-27(22-35(34)48-2)16-20-37-42-40-46(43-37)39(47)36(51-40)24-30-25-45(32-10-6-5-7-11-32)44-38(30)29-9-8-12-33(23-29)50-26-28-13-17-31(41)18-14-28/h5-20,22-25H,3-4,21,26H2,1-2H3/b20-16+,36-24-. The van der Waals surface area contributed by atoms with Gasteiger partial charge in [-0.15, -0.1) is 5.10 Å². The fourth-order valence-corrected chi connectivity index (χ4v) is 6.41. The van der Waals surface area contributed by atoms with E-state index in [4.69, 9.17) is 30.9 Å². The highest BCUT2D eigenvalue weighted by atomic mass is 35.5. The average molecular weight is 716 g/mol. The summed E-state index contributed by atoms with van der Waals surface area (Å²) in [4.78, 5) is 18.7. The minimum Gasteiger partial charge on any atom is -0.493 e. The maximum absolute atomic E-state index is 13.6. The van der Waals surface area contributed by atoms with Crippen LogP contribution in [0.1, 0.15) is 42.3 Å². The van der Waals surface area contributed by atoms with Crippen LogP contribution >= 0.6 is 22.9 Å². The third kappa shape index (κ3) is 7.88. The zero-order valence-corrected chi connectivity index (χ0v) is 29.6. The molecule has 0 aliphatic carbocycles. The van der Waals surface area contributed by atoms with Crippen molar-refractivity contribution in [1.82, 2.24) is 24.4 Å². The van der Waals surface area contributed by atoms with Gasteiger partial charge in [0.05, 0.1) is 23.9 Å². The molecule has 0 N–H and O–H groups in total. The predicted octanol–water partition coefficient (Wildman–Crippen LogP) is 8.14. The lowest BCUT2D eigenvalue weighted by Gasteiger charge is -2.10. The quantitative estimate of drug-likeness (QED) is 0.111. The lowest BCUT2D eigenvalue weighted by atomic mass is 10.1. The van der Waals surface area contributed by atoms with Gasteiger partial charge in [-0.25, -0.2) is 4.68 Å². The third-order valence-electron chi connectivity index (χ3n) is 8.04. The Bertz CT molecular complexity index is 2420. The number of methoxy groups -OCH3 is 1. The van der Waals surface area contributed by atoms with E-state index in [9.17, 15) is 4.79 Å². The Morgan fingerprint density at radius 3 is 2.51 bits per heavy atom. The highest BCUT2D eigenvalue weighted by Crippen LogP contribution is 2.30. The van der Waals surface area contributed by atoms with Crippen LogP contribution in [-0.4, -0.2) is 38.1 Å². The second kappa shape index (κ2) is 15.5. The smallest absolute Gasteiger partial charge is 0.291 e. The Balaban J connectivity index is 1.17. The minimum atomic E-state index is -0.254. The molecule has 3 aromatic heterocycles. The average Bonchev–Trinajstić information content (AvgIpc) is 3.85. The second-order valence-corrected chi connectivity index (χ2v) is 13.1. The van der Waals surface area contributed by atoms with Crippen LogP contribution in [0.5, 0.6) is 17.2 Å². The molecule has 4 aromatic carbocycles.